The van der Waals surface area contributed by atoms with Crippen LogP contribution in [0.2, 0.25) is 0 Å². The monoisotopic (exact) mass is 333 g/mol. The molecule has 0 radical (unpaired) electrons. The molecule has 1 aromatic rings. The molecular weight excluding hydrogens is 310 g/mol. The van der Waals surface area contributed by atoms with E-state index in [4.69, 9.17) is 14.6 Å². The van der Waals surface area contributed by atoms with Crippen LogP contribution in [-0.4, -0.2) is 54.3 Å². The molecule has 2 heterocycles. The number of likely N-dealkylation sites (tertiary alicyclic amines) is 1. The molecule has 0 unspecified atom stereocenters. The first-order chi connectivity index (χ1) is 11.6. The third-order valence-electron chi connectivity index (χ3n) is 4.94. The first-order valence-corrected chi connectivity index (χ1v) is 8.39. The van der Waals surface area contributed by atoms with Gasteiger partial charge in [-0.15, -0.1) is 0 Å². The van der Waals surface area contributed by atoms with Crippen molar-refractivity contribution in [1.82, 2.24) is 4.90 Å². The minimum Gasteiger partial charge on any atom is -0.497 e. The van der Waals surface area contributed by atoms with Crippen LogP contribution in [0.4, 0.5) is 0 Å². The molecule has 1 aromatic carbocycles. The van der Waals surface area contributed by atoms with Gasteiger partial charge in [-0.05, 0) is 49.3 Å². The molecule has 0 aromatic heterocycles. The standard InChI is InChI=1S/C18H23NO5/c1-23-14-4-2-3-13(11-14)12-7-9-19(10-8-12)17(20)15-5-6-16(24-15)18(21)22/h2-4,11-12,15-16H,5-10H2,1H3,(H,21,22)/t15-,16+/m0/s1. The van der Waals surface area contributed by atoms with E-state index in [9.17, 15) is 9.59 Å². The second-order valence-electron chi connectivity index (χ2n) is 6.41. The number of hydrogen-bond donors (Lipinski definition) is 1. The Balaban J connectivity index is 1.55. The highest BCUT2D eigenvalue weighted by Crippen LogP contribution is 2.31. The van der Waals surface area contributed by atoms with E-state index in [-0.39, 0.29) is 5.91 Å². The number of nitrogens with zero attached hydrogens (tertiary/aromatic N) is 1. The summed E-state index contributed by atoms with van der Waals surface area (Å²) in [6.45, 7) is 1.36. The molecule has 2 aliphatic rings. The minimum atomic E-state index is -0.984. The molecule has 2 saturated heterocycles. The van der Waals surface area contributed by atoms with E-state index in [0.717, 1.165) is 18.6 Å². The van der Waals surface area contributed by atoms with E-state index in [2.05, 4.69) is 12.1 Å². The zero-order valence-electron chi connectivity index (χ0n) is 13.8. The molecule has 2 aliphatic heterocycles. The van der Waals surface area contributed by atoms with Gasteiger partial charge in [0.25, 0.3) is 5.91 Å². The van der Waals surface area contributed by atoms with Crippen molar-refractivity contribution in [3.63, 3.8) is 0 Å². The van der Waals surface area contributed by atoms with Crippen LogP contribution in [0.1, 0.15) is 37.2 Å². The lowest BCUT2D eigenvalue weighted by atomic mass is 9.89. The number of aliphatic carboxylic acids is 1. The van der Waals surface area contributed by atoms with Crippen molar-refractivity contribution in [3.8, 4) is 5.75 Å². The summed E-state index contributed by atoms with van der Waals surface area (Å²) >= 11 is 0. The molecule has 3 rings (SSSR count). The summed E-state index contributed by atoms with van der Waals surface area (Å²) in [4.78, 5) is 25.2. The van der Waals surface area contributed by atoms with Gasteiger partial charge in [-0.1, -0.05) is 12.1 Å². The van der Waals surface area contributed by atoms with Crippen LogP contribution in [-0.2, 0) is 14.3 Å². The number of piperidine rings is 1. The van der Waals surface area contributed by atoms with Gasteiger partial charge in [0.05, 0.1) is 7.11 Å². The Kier molecular flexibility index (Phi) is 5.04. The van der Waals surface area contributed by atoms with E-state index in [0.29, 0.717) is 31.8 Å². The number of carboxylic acids is 1. The molecule has 6 heteroatoms. The molecule has 0 bridgehead atoms. The maximum Gasteiger partial charge on any atom is 0.332 e. The van der Waals surface area contributed by atoms with Crippen molar-refractivity contribution in [2.45, 2.75) is 43.8 Å². The van der Waals surface area contributed by atoms with Crippen molar-refractivity contribution in [1.29, 1.82) is 0 Å². The summed E-state index contributed by atoms with van der Waals surface area (Å²) < 4.78 is 10.6. The summed E-state index contributed by atoms with van der Waals surface area (Å²) in [6.07, 6.45) is 1.26. The molecule has 2 atom stereocenters. The highest BCUT2D eigenvalue weighted by atomic mass is 16.5. The fourth-order valence-electron chi connectivity index (χ4n) is 3.53. The smallest absolute Gasteiger partial charge is 0.332 e. The van der Waals surface area contributed by atoms with Crippen LogP contribution in [0.25, 0.3) is 0 Å². The van der Waals surface area contributed by atoms with Crippen LogP contribution >= 0.6 is 0 Å². The Morgan fingerprint density at radius 2 is 1.88 bits per heavy atom. The lowest BCUT2D eigenvalue weighted by molar-refractivity contribution is -0.155. The Morgan fingerprint density at radius 3 is 2.50 bits per heavy atom. The maximum absolute atomic E-state index is 12.5. The molecule has 6 nitrogen and oxygen atoms in total. The Bertz CT molecular complexity index is 609. The van der Waals surface area contributed by atoms with Gasteiger partial charge < -0.3 is 19.5 Å². The number of carboxylic acid groups (broad SMARTS) is 1. The predicted octanol–water partition coefficient (Wildman–Crippen LogP) is 2.03. The largest absolute Gasteiger partial charge is 0.497 e. The van der Waals surface area contributed by atoms with Crippen LogP contribution in [0.3, 0.4) is 0 Å². The zero-order chi connectivity index (χ0) is 17.1. The van der Waals surface area contributed by atoms with Crippen molar-refractivity contribution in [2.24, 2.45) is 0 Å². The lowest BCUT2D eigenvalue weighted by Gasteiger charge is -2.33. The van der Waals surface area contributed by atoms with Gasteiger partial charge >= 0.3 is 5.97 Å². The van der Waals surface area contributed by atoms with Gasteiger partial charge in [-0.25, -0.2) is 4.79 Å². The molecule has 0 spiro atoms. The second kappa shape index (κ2) is 7.21. The first-order valence-electron chi connectivity index (χ1n) is 8.39. The maximum atomic E-state index is 12.5. The van der Waals surface area contributed by atoms with Crippen molar-refractivity contribution in [2.75, 3.05) is 20.2 Å². The van der Waals surface area contributed by atoms with Gasteiger partial charge in [0.1, 0.15) is 11.9 Å². The topological polar surface area (TPSA) is 76.1 Å². The predicted molar refractivity (Wildman–Crippen MR) is 87.1 cm³/mol. The van der Waals surface area contributed by atoms with Gasteiger partial charge in [0.2, 0.25) is 0 Å². The fraction of sp³-hybridized carbons (Fsp3) is 0.556. The SMILES string of the molecule is COc1cccc(C2CCN(C(=O)[C@@H]3CC[C@H](C(=O)O)O3)CC2)c1. The molecule has 0 saturated carbocycles. The normalized spacial score (nSPS) is 24.8. The molecule has 130 valence electrons. The van der Waals surface area contributed by atoms with E-state index in [1.54, 1.807) is 7.11 Å². The Labute approximate surface area is 141 Å². The summed E-state index contributed by atoms with van der Waals surface area (Å²) in [5.41, 5.74) is 1.24. The number of ether oxygens (including phenoxy) is 2. The van der Waals surface area contributed by atoms with Gasteiger partial charge in [-0.2, -0.15) is 0 Å². The number of carbonyl (C=O) groups is 2. The average Bonchev–Trinajstić information content (AvgIpc) is 3.12. The Morgan fingerprint density at radius 1 is 1.17 bits per heavy atom. The van der Waals surface area contributed by atoms with E-state index in [1.807, 2.05) is 17.0 Å². The van der Waals surface area contributed by atoms with Crippen LogP contribution in [0.5, 0.6) is 5.75 Å². The van der Waals surface area contributed by atoms with Crippen LogP contribution in [0.15, 0.2) is 24.3 Å². The summed E-state index contributed by atoms with van der Waals surface area (Å²) in [6, 6.07) is 8.07. The van der Waals surface area contributed by atoms with E-state index >= 15 is 0 Å². The summed E-state index contributed by atoms with van der Waals surface area (Å²) in [5.74, 6) is 0.218. The third kappa shape index (κ3) is 3.53. The third-order valence-corrected chi connectivity index (χ3v) is 4.94. The average molecular weight is 333 g/mol. The highest BCUT2D eigenvalue weighted by Gasteiger charge is 2.37. The van der Waals surface area contributed by atoms with E-state index in [1.165, 1.54) is 5.56 Å². The number of carbonyl (C=O) groups excluding carboxylic acids is 1. The summed E-state index contributed by atoms with van der Waals surface area (Å²) in [7, 11) is 1.66. The van der Waals surface area contributed by atoms with Crippen LogP contribution < -0.4 is 4.74 Å². The van der Waals surface area contributed by atoms with Crippen molar-refractivity contribution >= 4 is 11.9 Å². The van der Waals surface area contributed by atoms with Crippen molar-refractivity contribution < 1.29 is 24.2 Å². The molecular formula is C18H23NO5. The molecule has 1 N–H and O–H groups in total. The fourth-order valence-corrected chi connectivity index (χ4v) is 3.53. The van der Waals surface area contributed by atoms with Gasteiger partial charge in [-0.3, -0.25) is 4.79 Å². The molecule has 0 aliphatic carbocycles. The molecule has 1 amide bonds. The number of amides is 1. The number of hydrogen-bond acceptors (Lipinski definition) is 4. The Hall–Kier alpha value is -2.08. The number of rotatable bonds is 4. The quantitative estimate of drug-likeness (QED) is 0.912. The molecule has 24 heavy (non-hydrogen) atoms. The van der Waals surface area contributed by atoms with Crippen molar-refractivity contribution in [3.05, 3.63) is 29.8 Å². The first kappa shape index (κ1) is 16.8. The van der Waals surface area contributed by atoms with Gasteiger partial charge in [0, 0.05) is 13.1 Å². The zero-order valence-corrected chi connectivity index (χ0v) is 13.8. The highest BCUT2D eigenvalue weighted by molar-refractivity contribution is 5.82. The van der Waals surface area contributed by atoms with Gasteiger partial charge in [0.15, 0.2) is 6.10 Å². The molecule has 2 fully saturated rings. The second-order valence-corrected chi connectivity index (χ2v) is 6.41. The van der Waals surface area contributed by atoms with E-state index < -0.39 is 18.2 Å². The van der Waals surface area contributed by atoms with Crippen LogP contribution in [0, 0.1) is 0 Å². The minimum absolute atomic E-state index is 0.0668. The number of benzene rings is 1. The number of methoxy groups -OCH3 is 1. The lowest BCUT2D eigenvalue weighted by Crippen LogP contribution is -2.43. The summed E-state index contributed by atoms with van der Waals surface area (Å²) in [5, 5.41) is 8.97.